The number of rotatable bonds is 10. The number of nitrogens with one attached hydrogen (secondary N) is 2. The van der Waals surface area contributed by atoms with E-state index in [1.54, 1.807) is 36.4 Å². The fourth-order valence-electron chi connectivity index (χ4n) is 3.48. The van der Waals surface area contributed by atoms with Crippen LogP contribution in [0.15, 0.2) is 61.1 Å². The van der Waals surface area contributed by atoms with Gasteiger partial charge in [0.2, 0.25) is 0 Å². The van der Waals surface area contributed by atoms with Crippen LogP contribution < -0.4 is 20.1 Å². The molecule has 2 aromatic heterocycles. The van der Waals surface area contributed by atoms with Gasteiger partial charge in [-0.1, -0.05) is 12.5 Å². The van der Waals surface area contributed by atoms with Crippen LogP contribution >= 0.6 is 0 Å². The number of terminal acetylenes is 1. The zero-order chi connectivity index (χ0) is 26.2. The maximum atomic E-state index is 13.4. The van der Waals surface area contributed by atoms with Gasteiger partial charge in [-0.2, -0.15) is 0 Å². The summed E-state index contributed by atoms with van der Waals surface area (Å²) in [6.07, 6.45) is 9.11. The summed E-state index contributed by atoms with van der Waals surface area (Å²) in [5, 5.41) is 6.58. The molecule has 1 amide bonds. The van der Waals surface area contributed by atoms with E-state index in [0.717, 1.165) is 17.9 Å². The van der Waals surface area contributed by atoms with E-state index >= 15 is 0 Å². The molecule has 0 bridgehead atoms. The lowest BCUT2D eigenvalue weighted by atomic mass is 10.2. The van der Waals surface area contributed by atoms with E-state index < -0.39 is 11.7 Å². The highest BCUT2D eigenvalue weighted by Gasteiger charge is 2.13. The van der Waals surface area contributed by atoms with Crippen molar-refractivity contribution in [2.45, 2.75) is 6.42 Å². The molecular weight excluding hydrogens is 475 g/mol. The third-order valence-corrected chi connectivity index (χ3v) is 5.39. The number of amides is 1. The van der Waals surface area contributed by atoms with Crippen molar-refractivity contribution in [3.63, 3.8) is 0 Å². The summed E-state index contributed by atoms with van der Waals surface area (Å²) in [7, 11) is 3.41. The standard InChI is InChI=1S/C27H25FN6O3/c1-4-34(2)11-6-12-37-24-15-22-21(14-23(24)36-3)26(31-17-30-22)32-20-9-10-25(29-16-20)33-27(35)18-7-5-8-19(28)13-18/h1,5,7-10,13-17H,6,11-12H2,2-3H3,(H,29,33,35)(H,30,31,32). The second kappa shape index (κ2) is 11.7. The minimum atomic E-state index is -0.486. The molecule has 0 aliphatic heterocycles. The number of ether oxygens (including phenoxy) is 2. The highest BCUT2D eigenvalue weighted by molar-refractivity contribution is 6.03. The van der Waals surface area contributed by atoms with Crippen LogP contribution in [0.25, 0.3) is 10.9 Å². The summed E-state index contributed by atoms with van der Waals surface area (Å²) >= 11 is 0. The van der Waals surface area contributed by atoms with E-state index in [1.165, 1.54) is 24.5 Å². The lowest BCUT2D eigenvalue weighted by Gasteiger charge is -2.15. The molecule has 0 saturated carbocycles. The van der Waals surface area contributed by atoms with Crippen LogP contribution in [0.1, 0.15) is 16.8 Å². The van der Waals surface area contributed by atoms with Crippen LogP contribution in [0.2, 0.25) is 0 Å². The third kappa shape index (κ3) is 6.41. The number of halogens is 1. The Bertz CT molecular complexity index is 1440. The topological polar surface area (TPSA) is 102 Å². The van der Waals surface area contributed by atoms with Crippen LogP contribution in [0.5, 0.6) is 11.5 Å². The Morgan fingerprint density at radius 2 is 2.00 bits per heavy atom. The summed E-state index contributed by atoms with van der Waals surface area (Å²) in [6, 6.07) is 15.0. The number of carbonyl (C=O) groups excluding carboxylic acids is 1. The normalized spacial score (nSPS) is 10.4. The highest BCUT2D eigenvalue weighted by Crippen LogP contribution is 2.34. The van der Waals surface area contributed by atoms with Crippen LogP contribution in [-0.4, -0.2) is 53.1 Å². The van der Waals surface area contributed by atoms with Crippen molar-refractivity contribution in [1.29, 1.82) is 0 Å². The molecule has 9 nitrogen and oxygen atoms in total. The number of hydrogen-bond acceptors (Lipinski definition) is 8. The molecule has 2 aromatic carbocycles. The molecule has 2 N–H and O–H groups in total. The number of carbonyl (C=O) groups is 1. The van der Waals surface area contributed by atoms with E-state index in [-0.39, 0.29) is 5.56 Å². The number of hydrogen-bond donors (Lipinski definition) is 2. The Kier molecular flexibility index (Phi) is 7.95. The first kappa shape index (κ1) is 25.2. The minimum Gasteiger partial charge on any atom is -0.493 e. The minimum absolute atomic E-state index is 0.202. The molecule has 2 heterocycles. The summed E-state index contributed by atoms with van der Waals surface area (Å²) in [5.74, 6) is 1.04. The van der Waals surface area contributed by atoms with Gasteiger partial charge in [-0.15, -0.1) is 0 Å². The highest BCUT2D eigenvalue weighted by atomic mass is 19.1. The van der Waals surface area contributed by atoms with Gasteiger partial charge < -0.3 is 25.0 Å². The van der Waals surface area contributed by atoms with Crippen LogP contribution in [0.4, 0.5) is 21.7 Å². The van der Waals surface area contributed by atoms with Gasteiger partial charge in [-0.25, -0.2) is 19.3 Å². The van der Waals surface area contributed by atoms with Gasteiger partial charge in [-0.3, -0.25) is 4.79 Å². The number of fused-ring (bicyclic) bond motifs is 1. The van der Waals surface area contributed by atoms with Gasteiger partial charge in [-0.05, 0) is 42.8 Å². The molecule has 37 heavy (non-hydrogen) atoms. The van der Waals surface area contributed by atoms with Crippen molar-refractivity contribution in [1.82, 2.24) is 19.9 Å². The zero-order valence-electron chi connectivity index (χ0n) is 20.4. The van der Waals surface area contributed by atoms with Gasteiger partial charge in [0.15, 0.2) is 11.5 Å². The fourth-order valence-corrected chi connectivity index (χ4v) is 3.48. The van der Waals surface area contributed by atoms with E-state index in [0.29, 0.717) is 47.5 Å². The second-order valence-corrected chi connectivity index (χ2v) is 8.02. The molecule has 0 fully saturated rings. The van der Waals surface area contributed by atoms with Crippen molar-refractivity contribution < 1.29 is 18.7 Å². The SMILES string of the molecule is C#CN(C)CCCOc1cc2ncnc(Nc3ccc(NC(=O)c4cccc(F)c4)nc3)c2cc1OC. The Morgan fingerprint density at radius 1 is 1.14 bits per heavy atom. The smallest absolute Gasteiger partial charge is 0.256 e. The average Bonchev–Trinajstić information content (AvgIpc) is 2.91. The van der Waals surface area contributed by atoms with Crippen molar-refractivity contribution in [3.05, 3.63) is 72.4 Å². The number of pyridine rings is 1. The number of anilines is 3. The molecule has 0 atom stereocenters. The van der Waals surface area contributed by atoms with Crippen LogP contribution in [0.3, 0.4) is 0 Å². The predicted molar refractivity (Wildman–Crippen MR) is 140 cm³/mol. The average molecular weight is 501 g/mol. The Hall–Kier alpha value is -4.91. The molecule has 0 spiro atoms. The Labute approximate surface area is 213 Å². The van der Waals surface area contributed by atoms with Gasteiger partial charge in [0.25, 0.3) is 5.91 Å². The summed E-state index contributed by atoms with van der Waals surface area (Å²) < 4.78 is 24.8. The van der Waals surface area contributed by atoms with E-state index in [2.05, 4.69) is 31.6 Å². The predicted octanol–water partition coefficient (Wildman–Crippen LogP) is 4.46. The fraction of sp³-hybridized carbons (Fsp3) is 0.185. The van der Waals surface area contributed by atoms with Crippen molar-refractivity contribution >= 4 is 34.1 Å². The van der Waals surface area contributed by atoms with E-state index in [1.807, 2.05) is 13.1 Å². The quantitative estimate of drug-likeness (QED) is 0.187. The summed E-state index contributed by atoms with van der Waals surface area (Å²) in [6.45, 7) is 1.18. The van der Waals surface area contributed by atoms with E-state index in [4.69, 9.17) is 15.9 Å². The van der Waals surface area contributed by atoms with E-state index in [9.17, 15) is 9.18 Å². The lowest BCUT2D eigenvalue weighted by Crippen LogP contribution is -2.15. The largest absolute Gasteiger partial charge is 0.493 e. The molecule has 4 rings (SSSR count). The van der Waals surface area contributed by atoms with Crippen molar-refractivity contribution in [2.24, 2.45) is 0 Å². The summed E-state index contributed by atoms with van der Waals surface area (Å²) in [4.78, 5) is 27.0. The van der Waals surface area contributed by atoms with Gasteiger partial charge >= 0.3 is 0 Å². The molecule has 0 unspecified atom stereocenters. The Morgan fingerprint density at radius 3 is 2.73 bits per heavy atom. The maximum absolute atomic E-state index is 13.4. The molecule has 0 radical (unpaired) electrons. The number of nitrogens with zero attached hydrogens (tertiary/aromatic N) is 4. The number of benzene rings is 2. The summed E-state index contributed by atoms with van der Waals surface area (Å²) in [5.41, 5.74) is 1.51. The zero-order valence-corrected chi connectivity index (χ0v) is 20.4. The Balaban J connectivity index is 1.46. The first-order valence-electron chi connectivity index (χ1n) is 11.4. The molecule has 188 valence electrons. The molecule has 4 aromatic rings. The first-order valence-corrected chi connectivity index (χ1v) is 11.4. The van der Waals surface area contributed by atoms with Gasteiger partial charge in [0.1, 0.15) is 23.8 Å². The second-order valence-electron chi connectivity index (χ2n) is 8.02. The van der Waals surface area contributed by atoms with Crippen molar-refractivity contribution in [3.8, 4) is 24.0 Å². The van der Waals surface area contributed by atoms with Gasteiger partial charge in [0.05, 0.1) is 31.1 Å². The molecule has 0 saturated heterocycles. The first-order chi connectivity index (χ1) is 18.0. The van der Waals surface area contributed by atoms with Crippen molar-refractivity contribution in [2.75, 3.05) is 37.9 Å². The molecular formula is C27H25FN6O3. The molecule has 0 aliphatic rings. The number of aromatic nitrogens is 3. The van der Waals surface area contributed by atoms with Gasteiger partial charge in [0, 0.05) is 36.7 Å². The molecule has 0 aliphatic carbocycles. The van der Waals surface area contributed by atoms with Crippen LogP contribution in [0, 0.1) is 18.3 Å². The monoisotopic (exact) mass is 500 g/mol. The third-order valence-electron chi connectivity index (χ3n) is 5.39. The lowest BCUT2D eigenvalue weighted by molar-refractivity contribution is 0.102. The number of methoxy groups -OCH3 is 1. The van der Waals surface area contributed by atoms with Crippen LogP contribution in [-0.2, 0) is 0 Å². The maximum Gasteiger partial charge on any atom is 0.256 e. The molecule has 10 heteroatoms.